The van der Waals surface area contributed by atoms with E-state index in [1.807, 2.05) is 30.3 Å². The third-order valence-electron chi connectivity index (χ3n) is 4.24. The molecule has 0 saturated carbocycles. The minimum absolute atomic E-state index is 0.0239. The van der Waals surface area contributed by atoms with Crippen LogP contribution in [0.15, 0.2) is 90.0 Å². The summed E-state index contributed by atoms with van der Waals surface area (Å²) in [6.45, 7) is 0. The van der Waals surface area contributed by atoms with Crippen LogP contribution < -0.4 is 10.2 Å². The van der Waals surface area contributed by atoms with Gasteiger partial charge in [0, 0.05) is 23.3 Å². The quantitative estimate of drug-likeness (QED) is 0.359. The Balaban J connectivity index is 1.81. The van der Waals surface area contributed by atoms with Crippen molar-refractivity contribution in [2.24, 2.45) is 5.10 Å². The first-order chi connectivity index (χ1) is 14.6. The van der Waals surface area contributed by atoms with E-state index in [-0.39, 0.29) is 11.6 Å². The average molecular weight is 401 g/mol. The van der Waals surface area contributed by atoms with Crippen LogP contribution in [-0.4, -0.2) is 23.7 Å². The third-order valence-corrected chi connectivity index (χ3v) is 4.24. The number of carbonyl (C=O) groups is 1. The molecule has 3 rings (SSSR count). The summed E-state index contributed by atoms with van der Waals surface area (Å²) in [5, 5.41) is 15.1. The van der Waals surface area contributed by atoms with Crippen molar-refractivity contribution in [2.75, 3.05) is 7.11 Å². The Hall–Kier alpha value is -4.26. The second-order valence-electron chi connectivity index (χ2n) is 6.21. The van der Waals surface area contributed by atoms with Gasteiger partial charge in [-0.15, -0.1) is 0 Å². The summed E-state index contributed by atoms with van der Waals surface area (Å²) in [7, 11) is 1.56. The van der Waals surface area contributed by atoms with E-state index in [2.05, 4.69) is 10.5 Å². The number of nitrogens with one attached hydrogen (secondary N) is 1. The maximum absolute atomic E-state index is 12.4. The van der Waals surface area contributed by atoms with Gasteiger partial charge in [-0.2, -0.15) is 5.10 Å². The maximum Gasteiger partial charge on any atom is 0.271 e. The Kier molecular flexibility index (Phi) is 6.68. The van der Waals surface area contributed by atoms with E-state index in [1.54, 1.807) is 55.7 Å². The zero-order valence-corrected chi connectivity index (χ0v) is 16.2. The predicted molar refractivity (Wildman–Crippen MR) is 116 cm³/mol. The van der Waals surface area contributed by atoms with Gasteiger partial charge in [0.2, 0.25) is 0 Å². The SMILES string of the molecule is COc1ccc(C(=O)NN=C(C=Cc2ccc([N+](=O)[O-])cc2)c2ccccc2)cc1. The molecule has 0 saturated heterocycles. The molecule has 0 unspecified atom stereocenters. The van der Waals surface area contributed by atoms with Gasteiger partial charge < -0.3 is 4.74 Å². The minimum Gasteiger partial charge on any atom is -0.497 e. The van der Waals surface area contributed by atoms with Gasteiger partial charge >= 0.3 is 0 Å². The van der Waals surface area contributed by atoms with Crippen molar-refractivity contribution >= 4 is 23.4 Å². The van der Waals surface area contributed by atoms with Crippen LogP contribution >= 0.6 is 0 Å². The number of ether oxygens (including phenoxy) is 1. The number of rotatable bonds is 7. The second-order valence-corrected chi connectivity index (χ2v) is 6.21. The van der Waals surface area contributed by atoms with Crippen molar-refractivity contribution in [3.05, 3.63) is 112 Å². The number of allylic oxidation sites excluding steroid dienone is 1. The lowest BCUT2D eigenvalue weighted by Crippen LogP contribution is -2.19. The molecule has 0 aliphatic heterocycles. The van der Waals surface area contributed by atoms with E-state index >= 15 is 0 Å². The molecule has 0 fully saturated rings. The molecule has 150 valence electrons. The van der Waals surface area contributed by atoms with E-state index in [4.69, 9.17) is 4.74 Å². The number of hydrazone groups is 1. The number of nitrogens with zero attached hydrogens (tertiary/aromatic N) is 2. The van der Waals surface area contributed by atoms with Crippen molar-refractivity contribution in [2.45, 2.75) is 0 Å². The second kappa shape index (κ2) is 9.79. The summed E-state index contributed by atoms with van der Waals surface area (Å²) in [6, 6.07) is 22.2. The fraction of sp³-hybridized carbons (Fsp3) is 0.0435. The van der Waals surface area contributed by atoms with E-state index in [9.17, 15) is 14.9 Å². The molecule has 0 aliphatic rings. The first kappa shape index (κ1) is 20.5. The smallest absolute Gasteiger partial charge is 0.271 e. The molecule has 0 radical (unpaired) electrons. The molecular formula is C23H19N3O4. The zero-order valence-electron chi connectivity index (χ0n) is 16.2. The number of carbonyl (C=O) groups excluding carboxylic acids is 1. The van der Waals surface area contributed by atoms with E-state index in [1.165, 1.54) is 12.1 Å². The highest BCUT2D eigenvalue weighted by Gasteiger charge is 2.07. The molecule has 7 nitrogen and oxygen atoms in total. The van der Waals surface area contributed by atoms with Crippen LogP contribution in [0, 0.1) is 10.1 Å². The van der Waals surface area contributed by atoms with E-state index in [0.29, 0.717) is 17.0 Å². The largest absolute Gasteiger partial charge is 0.497 e. The molecule has 0 atom stereocenters. The molecule has 1 N–H and O–H groups in total. The monoisotopic (exact) mass is 401 g/mol. The van der Waals surface area contributed by atoms with E-state index < -0.39 is 4.92 Å². The number of hydrogen-bond donors (Lipinski definition) is 1. The van der Waals surface area contributed by atoms with Gasteiger partial charge in [0.25, 0.3) is 11.6 Å². The van der Waals surface area contributed by atoms with Crippen LogP contribution in [0.1, 0.15) is 21.5 Å². The summed E-state index contributed by atoms with van der Waals surface area (Å²) in [5.41, 5.74) is 5.15. The standard InChI is InChI=1S/C23H19N3O4/c1-30-21-14-10-19(11-15-21)23(27)25-24-22(18-5-3-2-4-6-18)16-9-17-7-12-20(13-8-17)26(28)29/h2-16H,1H3,(H,25,27). The molecule has 0 aromatic heterocycles. The van der Waals surface area contributed by atoms with Crippen molar-refractivity contribution in [1.82, 2.24) is 5.43 Å². The predicted octanol–water partition coefficient (Wildman–Crippen LogP) is 4.45. The molecule has 3 aromatic carbocycles. The highest BCUT2D eigenvalue weighted by Crippen LogP contribution is 2.14. The topological polar surface area (TPSA) is 93.8 Å². The maximum atomic E-state index is 12.4. The van der Waals surface area contributed by atoms with Gasteiger partial charge in [-0.05, 0) is 48.0 Å². The Morgan fingerprint density at radius 1 is 0.967 bits per heavy atom. The number of hydrogen-bond acceptors (Lipinski definition) is 5. The van der Waals surface area contributed by atoms with Crippen LogP contribution in [-0.2, 0) is 0 Å². The molecule has 0 heterocycles. The number of amides is 1. The number of benzene rings is 3. The van der Waals surface area contributed by atoms with Crippen LogP contribution in [0.5, 0.6) is 5.75 Å². The lowest BCUT2D eigenvalue weighted by Gasteiger charge is -2.05. The number of non-ortho nitro benzene ring substituents is 1. The summed E-state index contributed by atoms with van der Waals surface area (Å²) < 4.78 is 5.09. The van der Waals surface area contributed by atoms with Crippen molar-refractivity contribution in [1.29, 1.82) is 0 Å². The Bertz CT molecular complexity index is 1070. The highest BCUT2D eigenvalue weighted by molar-refractivity contribution is 6.11. The van der Waals surface area contributed by atoms with Gasteiger partial charge in [-0.3, -0.25) is 14.9 Å². The van der Waals surface area contributed by atoms with Crippen molar-refractivity contribution in [3.8, 4) is 5.75 Å². The van der Waals surface area contributed by atoms with Gasteiger partial charge in [-0.1, -0.05) is 36.4 Å². The lowest BCUT2D eigenvalue weighted by atomic mass is 10.1. The Labute approximate surface area is 173 Å². The number of nitro groups is 1. The summed E-state index contributed by atoms with van der Waals surface area (Å²) in [5.74, 6) is 0.306. The van der Waals surface area contributed by atoms with Gasteiger partial charge in [-0.25, -0.2) is 5.43 Å². The van der Waals surface area contributed by atoms with Gasteiger partial charge in [0.1, 0.15) is 5.75 Å². The average Bonchev–Trinajstić information content (AvgIpc) is 2.80. The molecule has 7 heteroatoms. The molecular weight excluding hydrogens is 382 g/mol. The third kappa shape index (κ3) is 5.39. The van der Waals surface area contributed by atoms with Crippen molar-refractivity contribution in [3.63, 3.8) is 0 Å². The first-order valence-corrected chi connectivity index (χ1v) is 9.07. The highest BCUT2D eigenvalue weighted by atomic mass is 16.6. The van der Waals surface area contributed by atoms with E-state index in [0.717, 1.165) is 11.1 Å². The molecule has 0 bridgehead atoms. The van der Waals surface area contributed by atoms with Crippen LogP contribution in [0.4, 0.5) is 5.69 Å². The first-order valence-electron chi connectivity index (χ1n) is 9.07. The lowest BCUT2D eigenvalue weighted by molar-refractivity contribution is -0.384. The van der Waals surface area contributed by atoms with Gasteiger partial charge in [0.05, 0.1) is 17.7 Å². The molecule has 30 heavy (non-hydrogen) atoms. The fourth-order valence-electron chi connectivity index (χ4n) is 2.61. The Morgan fingerprint density at radius 3 is 2.23 bits per heavy atom. The van der Waals surface area contributed by atoms with Crippen LogP contribution in [0.2, 0.25) is 0 Å². The van der Waals surface area contributed by atoms with Crippen LogP contribution in [0.25, 0.3) is 6.08 Å². The number of nitro benzene ring substituents is 1. The summed E-state index contributed by atoms with van der Waals surface area (Å²) in [6.07, 6.45) is 3.51. The summed E-state index contributed by atoms with van der Waals surface area (Å²) >= 11 is 0. The fourth-order valence-corrected chi connectivity index (χ4v) is 2.61. The van der Waals surface area contributed by atoms with Crippen molar-refractivity contribution < 1.29 is 14.5 Å². The number of methoxy groups -OCH3 is 1. The summed E-state index contributed by atoms with van der Waals surface area (Å²) in [4.78, 5) is 22.7. The zero-order chi connectivity index (χ0) is 21.3. The molecule has 3 aromatic rings. The molecule has 1 amide bonds. The molecule has 0 spiro atoms. The minimum atomic E-state index is -0.445. The normalized spacial score (nSPS) is 11.3. The Morgan fingerprint density at radius 2 is 1.63 bits per heavy atom. The molecule has 0 aliphatic carbocycles. The van der Waals surface area contributed by atoms with Crippen LogP contribution in [0.3, 0.4) is 0 Å². The van der Waals surface area contributed by atoms with Gasteiger partial charge in [0.15, 0.2) is 0 Å².